The number of hydrogen-bond donors (Lipinski definition) is 2. The molecule has 0 spiro atoms. The summed E-state index contributed by atoms with van der Waals surface area (Å²) in [6.07, 6.45) is 0. The topological polar surface area (TPSA) is 64.7 Å². The van der Waals surface area contributed by atoms with Crippen molar-refractivity contribution in [3.63, 3.8) is 0 Å². The van der Waals surface area contributed by atoms with Crippen molar-refractivity contribution >= 4 is 23.2 Å². The molecule has 0 unspecified atom stereocenters. The van der Waals surface area contributed by atoms with Crippen molar-refractivity contribution in [3.05, 3.63) is 58.7 Å². The SMILES string of the molecule is Cc1cccc(NC(=O)CN2CCN(CC(=O)Nc3c(C)cccc3C)CC2)c1C. The lowest BCUT2D eigenvalue weighted by Gasteiger charge is -2.33. The number of carbonyl (C=O) groups is 2. The Morgan fingerprint density at radius 1 is 0.733 bits per heavy atom. The third-order valence-corrected chi connectivity index (χ3v) is 5.82. The standard InChI is InChI=1S/C24H32N4O2/c1-17-7-6-10-21(20(17)4)25-22(29)15-27-11-13-28(14-12-27)16-23(30)26-24-18(2)8-5-9-19(24)3/h5-10H,11-16H2,1-4H3,(H,25,29)(H,26,30). The van der Waals surface area contributed by atoms with Gasteiger partial charge < -0.3 is 10.6 Å². The zero-order chi connectivity index (χ0) is 21.7. The number of benzene rings is 2. The largest absolute Gasteiger partial charge is 0.325 e. The summed E-state index contributed by atoms with van der Waals surface area (Å²) < 4.78 is 0. The number of rotatable bonds is 6. The van der Waals surface area contributed by atoms with E-state index in [9.17, 15) is 9.59 Å². The van der Waals surface area contributed by atoms with E-state index in [1.807, 2.05) is 64.1 Å². The highest BCUT2D eigenvalue weighted by molar-refractivity contribution is 5.94. The molecule has 6 heteroatoms. The van der Waals surface area contributed by atoms with Gasteiger partial charge in [-0.05, 0) is 56.0 Å². The number of piperazine rings is 1. The van der Waals surface area contributed by atoms with Crippen LogP contribution in [0.2, 0.25) is 0 Å². The van der Waals surface area contributed by atoms with Gasteiger partial charge >= 0.3 is 0 Å². The van der Waals surface area contributed by atoms with Gasteiger partial charge in [-0.2, -0.15) is 0 Å². The number of nitrogens with zero attached hydrogens (tertiary/aromatic N) is 2. The molecule has 30 heavy (non-hydrogen) atoms. The van der Waals surface area contributed by atoms with Gasteiger partial charge in [0.05, 0.1) is 13.1 Å². The second-order valence-electron chi connectivity index (χ2n) is 8.16. The zero-order valence-electron chi connectivity index (χ0n) is 18.4. The number of para-hydroxylation sites is 1. The summed E-state index contributed by atoms with van der Waals surface area (Å²) >= 11 is 0. The van der Waals surface area contributed by atoms with E-state index in [2.05, 4.69) is 20.4 Å². The third-order valence-electron chi connectivity index (χ3n) is 5.82. The predicted molar refractivity (Wildman–Crippen MR) is 122 cm³/mol. The van der Waals surface area contributed by atoms with Crippen molar-refractivity contribution < 1.29 is 9.59 Å². The van der Waals surface area contributed by atoms with Crippen LogP contribution in [0.15, 0.2) is 36.4 Å². The molecule has 3 rings (SSSR count). The molecule has 1 saturated heterocycles. The third kappa shape index (κ3) is 5.68. The van der Waals surface area contributed by atoms with Crippen LogP contribution in [0.1, 0.15) is 22.3 Å². The molecule has 1 aliphatic heterocycles. The lowest BCUT2D eigenvalue weighted by molar-refractivity contribution is -0.120. The molecule has 1 fully saturated rings. The summed E-state index contributed by atoms with van der Waals surface area (Å²) in [6.45, 7) is 11.9. The first-order valence-electron chi connectivity index (χ1n) is 10.5. The van der Waals surface area contributed by atoms with Crippen LogP contribution in [-0.4, -0.2) is 60.9 Å². The van der Waals surface area contributed by atoms with E-state index in [1.54, 1.807) is 0 Å². The number of nitrogens with one attached hydrogen (secondary N) is 2. The minimum Gasteiger partial charge on any atom is -0.325 e. The summed E-state index contributed by atoms with van der Waals surface area (Å²) in [7, 11) is 0. The van der Waals surface area contributed by atoms with Crippen LogP contribution in [0.25, 0.3) is 0 Å². The molecule has 2 N–H and O–H groups in total. The summed E-state index contributed by atoms with van der Waals surface area (Å²) in [4.78, 5) is 29.2. The first-order chi connectivity index (χ1) is 14.3. The second-order valence-corrected chi connectivity index (χ2v) is 8.16. The smallest absolute Gasteiger partial charge is 0.238 e. The number of amides is 2. The Labute approximate surface area is 179 Å². The van der Waals surface area contributed by atoms with Crippen molar-refractivity contribution in [2.24, 2.45) is 0 Å². The number of aryl methyl sites for hydroxylation is 3. The quantitative estimate of drug-likeness (QED) is 0.771. The van der Waals surface area contributed by atoms with E-state index < -0.39 is 0 Å². The molecule has 0 aromatic heterocycles. The van der Waals surface area contributed by atoms with Crippen LogP contribution < -0.4 is 10.6 Å². The van der Waals surface area contributed by atoms with E-state index in [1.165, 1.54) is 5.56 Å². The fourth-order valence-electron chi connectivity index (χ4n) is 3.78. The van der Waals surface area contributed by atoms with E-state index in [-0.39, 0.29) is 11.8 Å². The van der Waals surface area contributed by atoms with Crippen molar-refractivity contribution in [1.29, 1.82) is 0 Å². The Kier molecular flexibility index (Phi) is 7.24. The zero-order valence-corrected chi connectivity index (χ0v) is 18.4. The molecule has 0 atom stereocenters. The number of hydrogen-bond acceptors (Lipinski definition) is 4. The Morgan fingerprint density at radius 2 is 1.20 bits per heavy atom. The Bertz CT molecular complexity index is 897. The lowest BCUT2D eigenvalue weighted by atomic mass is 10.1. The lowest BCUT2D eigenvalue weighted by Crippen LogP contribution is -2.50. The van der Waals surface area contributed by atoms with Crippen LogP contribution in [0.4, 0.5) is 11.4 Å². The maximum Gasteiger partial charge on any atom is 0.238 e. The van der Waals surface area contributed by atoms with Crippen molar-refractivity contribution in [2.75, 3.05) is 49.9 Å². The predicted octanol–water partition coefficient (Wildman–Crippen LogP) is 3.12. The summed E-state index contributed by atoms with van der Waals surface area (Å²) in [5.41, 5.74) is 6.20. The molecule has 1 heterocycles. The fraction of sp³-hybridized carbons (Fsp3) is 0.417. The minimum absolute atomic E-state index is 0.00456. The molecule has 0 radical (unpaired) electrons. The van der Waals surface area contributed by atoms with Crippen molar-refractivity contribution in [3.8, 4) is 0 Å². The van der Waals surface area contributed by atoms with Gasteiger partial charge in [0.15, 0.2) is 0 Å². The average Bonchev–Trinajstić information content (AvgIpc) is 2.70. The molecular formula is C24H32N4O2. The summed E-state index contributed by atoms with van der Waals surface area (Å²) in [5.74, 6) is 0.0124. The molecule has 160 valence electrons. The highest BCUT2D eigenvalue weighted by atomic mass is 16.2. The van der Waals surface area contributed by atoms with Gasteiger partial charge in [-0.1, -0.05) is 30.3 Å². The molecular weight excluding hydrogens is 376 g/mol. The Hall–Kier alpha value is -2.70. The maximum atomic E-state index is 12.5. The molecule has 6 nitrogen and oxygen atoms in total. The Balaban J connectivity index is 1.44. The first-order valence-corrected chi connectivity index (χ1v) is 10.5. The van der Waals surface area contributed by atoms with E-state index in [0.717, 1.165) is 54.2 Å². The minimum atomic E-state index is 0.00456. The molecule has 2 aromatic carbocycles. The van der Waals surface area contributed by atoms with Gasteiger partial charge in [-0.3, -0.25) is 19.4 Å². The van der Waals surface area contributed by atoms with Gasteiger partial charge in [-0.25, -0.2) is 0 Å². The summed E-state index contributed by atoms with van der Waals surface area (Å²) in [5, 5.41) is 6.07. The van der Waals surface area contributed by atoms with Gasteiger partial charge in [-0.15, -0.1) is 0 Å². The van der Waals surface area contributed by atoms with Crippen LogP contribution >= 0.6 is 0 Å². The van der Waals surface area contributed by atoms with Crippen LogP contribution in [0, 0.1) is 27.7 Å². The monoisotopic (exact) mass is 408 g/mol. The Morgan fingerprint density at radius 3 is 1.77 bits per heavy atom. The van der Waals surface area contributed by atoms with E-state index >= 15 is 0 Å². The van der Waals surface area contributed by atoms with Gasteiger partial charge in [0.1, 0.15) is 0 Å². The van der Waals surface area contributed by atoms with Gasteiger partial charge in [0, 0.05) is 37.6 Å². The molecule has 2 amide bonds. The molecule has 0 bridgehead atoms. The van der Waals surface area contributed by atoms with Crippen molar-refractivity contribution in [2.45, 2.75) is 27.7 Å². The molecule has 1 aliphatic rings. The highest BCUT2D eigenvalue weighted by Gasteiger charge is 2.21. The van der Waals surface area contributed by atoms with E-state index in [4.69, 9.17) is 0 Å². The summed E-state index contributed by atoms with van der Waals surface area (Å²) in [6, 6.07) is 11.9. The van der Waals surface area contributed by atoms with Gasteiger partial charge in [0.25, 0.3) is 0 Å². The first kappa shape index (κ1) is 22.0. The normalized spacial score (nSPS) is 15.1. The second kappa shape index (κ2) is 9.87. The highest BCUT2D eigenvalue weighted by Crippen LogP contribution is 2.20. The fourth-order valence-corrected chi connectivity index (χ4v) is 3.78. The molecule has 0 saturated carbocycles. The number of carbonyl (C=O) groups excluding carboxylic acids is 2. The van der Waals surface area contributed by atoms with E-state index in [0.29, 0.717) is 13.1 Å². The van der Waals surface area contributed by atoms with Crippen LogP contribution in [-0.2, 0) is 9.59 Å². The van der Waals surface area contributed by atoms with Crippen LogP contribution in [0.3, 0.4) is 0 Å². The van der Waals surface area contributed by atoms with Crippen LogP contribution in [0.5, 0.6) is 0 Å². The van der Waals surface area contributed by atoms with Gasteiger partial charge in [0.2, 0.25) is 11.8 Å². The maximum absolute atomic E-state index is 12.5. The molecule has 2 aromatic rings. The average molecular weight is 409 g/mol. The number of anilines is 2. The van der Waals surface area contributed by atoms with Crippen molar-refractivity contribution in [1.82, 2.24) is 9.80 Å². The molecule has 0 aliphatic carbocycles.